The van der Waals surface area contributed by atoms with Crippen LogP contribution in [-0.4, -0.2) is 42.4 Å². The van der Waals surface area contributed by atoms with E-state index in [-0.39, 0.29) is 22.4 Å². The van der Waals surface area contributed by atoms with E-state index in [0.29, 0.717) is 0 Å². The highest BCUT2D eigenvalue weighted by Crippen LogP contribution is 2.58. The number of quaternary nitrogens is 1. The summed E-state index contributed by atoms with van der Waals surface area (Å²) < 4.78 is 8.15. The van der Waals surface area contributed by atoms with E-state index >= 15 is 0 Å². The zero-order valence-corrected chi connectivity index (χ0v) is 22.0. The van der Waals surface area contributed by atoms with Crippen LogP contribution in [0.1, 0.15) is 30.4 Å². The van der Waals surface area contributed by atoms with Gasteiger partial charge in [-0.3, -0.25) is 0 Å². The molecule has 0 atom stereocenters. The third-order valence-corrected chi connectivity index (χ3v) is 8.31. The Morgan fingerprint density at radius 3 is 1.94 bits per heavy atom. The highest BCUT2D eigenvalue weighted by molar-refractivity contribution is 9.10. The van der Waals surface area contributed by atoms with Crippen LogP contribution in [0.3, 0.4) is 0 Å². The number of rotatable bonds is 8. The number of hydrogen-bond donors (Lipinski definition) is 1. The Kier molecular flexibility index (Phi) is 7.35. The van der Waals surface area contributed by atoms with Crippen molar-refractivity contribution in [2.45, 2.75) is 24.9 Å². The lowest BCUT2D eigenvalue weighted by Crippen LogP contribution is -3.00. The van der Waals surface area contributed by atoms with E-state index in [9.17, 15) is 5.11 Å². The average Bonchev–Trinajstić information content (AvgIpc) is 3.42. The third kappa shape index (κ3) is 4.53. The zero-order chi connectivity index (χ0) is 22.1. The van der Waals surface area contributed by atoms with Crippen molar-refractivity contribution in [2.75, 3.05) is 32.8 Å². The van der Waals surface area contributed by atoms with Crippen LogP contribution in [0, 0.1) is 5.41 Å². The van der Waals surface area contributed by atoms with Crippen molar-refractivity contribution in [1.82, 2.24) is 0 Å². The van der Waals surface area contributed by atoms with Gasteiger partial charge in [0.15, 0.2) is 0 Å². The predicted molar refractivity (Wildman–Crippen MR) is 132 cm³/mol. The van der Waals surface area contributed by atoms with Gasteiger partial charge in [-0.05, 0) is 35.4 Å². The first-order valence-electron chi connectivity index (χ1n) is 11.6. The molecule has 3 aromatic rings. The Morgan fingerprint density at radius 2 is 1.39 bits per heavy atom. The second kappa shape index (κ2) is 9.91. The molecule has 0 saturated carbocycles. The Labute approximate surface area is 215 Å². The molecule has 33 heavy (non-hydrogen) atoms. The SMILES string of the molecule is OC(c1ccccc1)(c1ccccc1)C12CC[N+](CCCOc3ccc(Br)cc3)(CC1)C2.[Br-]. The summed E-state index contributed by atoms with van der Waals surface area (Å²) in [6, 6.07) is 28.7. The van der Waals surface area contributed by atoms with Gasteiger partial charge < -0.3 is 31.3 Å². The Hall–Kier alpha value is -1.66. The number of hydrogen-bond acceptors (Lipinski definition) is 2. The summed E-state index contributed by atoms with van der Waals surface area (Å²) in [4.78, 5) is 0. The third-order valence-electron chi connectivity index (χ3n) is 7.78. The molecule has 0 unspecified atom stereocenters. The first-order valence-corrected chi connectivity index (χ1v) is 12.4. The highest BCUT2D eigenvalue weighted by atomic mass is 79.9. The summed E-state index contributed by atoms with van der Waals surface area (Å²) in [5, 5.41) is 12.4. The molecular weight excluding hydrogens is 542 g/mol. The fraction of sp³-hybridized carbons (Fsp3) is 0.357. The molecule has 0 spiro atoms. The summed E-state index contributed by atoms with van der Waals surface area (Å²) in [5.41, 5.74) is 0.959. The lowest BCUT2D eigenvalue weighted by Gasteiger charge is -2.42. The van der Waals surface area contributed by atoms with Crippen LogP contribution in [0.15, 0.2) is 89.4 Å². The van der Waals surface area contributed by atoms with E-state index in [1.807, 2.05) is 60.7 Å². The second-order valence-electron chi connectivity index (χ2n) is 9.55. The number of aliphatic hydroxyl groups is 1. The van der Waals surface area contributed by atoms with Crippen molar-refractivity contribution in [3.63, 3.8) is 0 Å². The van der Waals surface area contributed by atoms with Crippen LogP contribution >= 0.6 is 15.9 Å². The standard InChI is InChI=1S/C28H31BrNO2.BrH/c29-25-12-14-26(15-13-25)32-21-7-18-30-19-16-27(22-30,17-20-30)28(31,23-8-3-1-4-9-23)24-10-5-2-6-11-24;/h1-6,8-15,31H,7,16-22H2;1H/q+1;/p-1. The van der Waals surface area contributed by atoms with Gasteiger partial charge in [-0.1, -0.05) is 76.6 Å². The van der Waals surface area contributed by atoms with Gasteiger partial charge in [0.25, 0.3) is 0 Å². The maximum absolute atomic E-state index is 12.4. The van der Waals surface area contributed by atoms with Crippen LogP contribution in [-0.2, 0) is 5.60 Å². The first-order chi connectivity index (χ1) is 15.6. The average molecular weight is 573 g/mol. The number of nitrogens with zero attached hydrogens (tertiary/aromatic N) is 1. The van der Waals surface area contributed by atoms with E-state index in [1.54, 1.807) is 0 Å². The molecule has 5 rings (SSSR count). The van der Waals surface area contributed by atoms with E-state index in [0.717, 1.165) is 77.9 Å². The smallest absolute Gasteiger partial charge is 0.126 e. The Morgan fingerprint density at radius 1 is 0.848 bits per heavy atom. The lowest BCUT2D eigenvalue weighted by molar-refractivity contribution is -0.909. The molecule has 0 radical (unpaired) electrons. The fourth-order valence-electron chi connectivity index (χ4n) is 6.13. The van der Waals surface area contributed by atoms with Gasteiger partial charge >= 0.3 is 0 Å². The van der Waals surface area contributed by atoms with Crippen molar-refractivity contribution < 1.29 is 31.3 Å². The van der Waals surface area contributed by atoms with E-state index in [4.69, 9.17) is 4.74 Å². The van der Waals surface area contributed by atoms with E-state index < -0.39 is 5.60 Å². The lowest BCUT2D eigenvalue weighted by atomic mass is 9.63. The quantitative estimate of drug-likeness (QED) is 0.332. The van der Waals surface area contributed by atoms with Crippen molar-refractivity contribution in [2.24, 2.45) is 5.41 Å². The molecule has 2 fully saturated rings. The maximum atomic E-state index is 12.4. The molecule has 3 nitrogen and oxygen atoms in total. The number of piperidine rings is 1. The molecule has 0 aromatic heterocycles. The number of fused-ring (bicyclic) bond motifs is 2. The van der Waals surface area contributed by atoms with Gasteiger partial charge in [-0.2, -0.15) is 0 Å². The highest BCUT2D eigenvalue weighted by Gasteiger charge is 2.65. The van der Waals surface area contributed by atoms with Gasteiger partial charge in [0.1, 0.15) is 11.4 Å². The fourth-order valence-corrected chi connectivity index (χ4v) is 6.40. The minimum Gasteiger partial charge on any atom is -1.00 e. The largest absolute Gasteiger partial charge is 1.00 e. The topological polar surface area (TPSA) is 29.5 Å². The minimum absolute atomic E-state index is 0. The van der Waals surface area contributed by atoms with Gasteiger partial charge in [0, 0.05) is 23.7 Å². The van der Waals surface area contributed by atoms with Crippen molar-refractivity contribution in [3.05, 3.63) is 101 Å². The van der Waals surface area contributed by atoms with Crippen LogP contribution in [0.2, 0.25) is 0 Å². The first kappa shape index (κ1) is 24.5. The summed E-state index contributed by atoms with van der Waals surface area (Å²) in [6.07, 6.45) is 3.14. The van der Waals surface area contributed by atoms with Crippen LogP contribution in [0.25, 0.3) is 0 Å². The van der Waals surface area contributed by atoms with Crippen LogP contribution in [0.4, 0.5) is 0 Å². The second-order valence-corrected chi connectivity index (χ2v) is 10.5. The molecule has 0 amide bonds. The van der Waals surface area contributed by atoms with Gasteiger partial charge in [-0.25, -0.2) is 0 Å². The Bertz CT molecular complexity index is 993. The van der Waals surface area contributed by atoms with Gasteiger partial charge in [0.05, 0.1) is 38.2 Å². The van der Waals surface area contributed by atoms with Crippen LogP contribution in [0.5, 0.6) is 5.75 Å². The summed E-state index contributed by atoms with van der Waals surface area (Å²) in [5.74, 6) is 0.924. The zero-order valence-electron chi connectivity index (χ0n) is 18.8. The normalized spacial score (nSPS) is 23.8. The van der Waals surface area contributed by atoms with E-state index in [2.05, 4.69) is 40.2 Å². The monoisotopic (exact) mass is 571 g/mol. The molecule has 5 heteroatoms. The molecule has 2 aliphatic heterocycles. The molecule has 2 heterocycles. The summed E-state index contributed by atoms with van der Waals surface area (Å²) in [6.45, 7) is 5.15. The minimum atomic E-state index is -0.958. The van der Waals surface area contributed by atoms with Gasteiger partial charge in [0.2, 0.25) is 0 Å². The van der Waals surface area contributed by atoms with Gasteiger partial charge in [-0.15, -0.1) is 0 Å². The summed E-state index contributed by atoms with van der Waals surface area (Å²) >= 11 is 3.47. The number of ether oxygens (including phenoxy) is 1. The molecule has 2 bridgehead atoms. The number of benzene rings is 3. The Balaban J connectivity index is 0.00000259. The molecule has 3 aromatic carbocycles. The molecular formula is C28H31Br2NO2. The maximum Gasteiger partial charge on any atom is 0.126 e. The molecule has 0 aliphatic carbocycles. The van der Waals surface area contributed by atoms with E-state index in [1.165, 1.54) is 0 Å². The molecule has 1 N–H and O–H groups in total. The number of halogens is 2. The molecule has 2 saturated heterocycles. The molecule has 174 valence electrons. The van der Waals surface area contributed by atoms with Crippen molar-refractivity contribution in [3.8, 4) is 5.75 Å². The van der Waals surface area contributed by atoms with Crippen molar-refractivity contribution in [1.29, 1.82) is 0 Å². The molecule has 2 aliphatic rings. The predicted octanol–water partition coefficient (Wildman–Crippen LogP) is 2.77. The van der Waals surface area contributed by atoms with Crippen molar-refractivity contribution >= 4 is 15.9 Å². The summed E-state index contributed by atoms with van der Waals surface area (Å²) in [7, 11) is 0. The van der Waals surface area contributed by atoms with Crippen LogP contribution < -0.4 is 21.7 Å².